The molecule has 0 fully saturated rings. The summed E-state index contributed by atoms with van der Waals surface area (Å²) in [4.78, 5) is 10.7. The summed E-state index contributed by atoms with van der Waals surface area (Å²) >= 11 is 3.54. The van der Waals surface area contributed by atoms with E-state index in [0.717, 1.165) is 43.9 Å². The van der Waals surface area contributed by atoms with Crippen molar-refractivity contribution in [1.29, 1.82) is 0 Å². The lowest BCUT2D eigenvalue weighted by molar-refractivity contribution is 0.416. The van der Waals surface area contributed by atoms with E-state index < -0.39 is 0 Å². The van der Waals surface area contributed by atoms with Crippen molar-refractivity contribution in [3.05, 3.63) is 70.0 Å². The number of methoxy groups -OCH3 is 2. The molecule has 0 amide bonds. The van der Waals surface area contributed by atoms with Gasteiger partial charge < -0.3 is 24.3 Å². The van der Waals surface area contributed by atoms with Gasteiger partial charge in [-0.2, -0.15) is 0 Å². The third kappa shape index (κ3) is 4.52. The summed E-state index contributed by atoms with van der Waals surface area (Å²) in [5.74, 6) is 2.00. The Balaban J connectivity index is 1.85. The molecule has 4 rings (SSSR count). The van der Waals surface area contributed by atoms with Gasteiger partial charge in [0.15, 0.2) is 0 Å². The number of ether oxygens (including phenoxy) is 2. The minimum Gasteiger partial charge on any atom is -0.508 e. The largest absolute Gasteiger partial charge is 0.508 e. The lowest BCUT2D eigenvalue weighted by atomic mass is 10.1. The molecule has 0 saturated carbocycles. The van der Waals surface area contributed by atoms with Crippen LogP contribution in [-0.4, -0.2) is 29.8 Å². The normalized spacial score (nSPS) is 10.9. The smallest absolute Gasteiger partial charge is 0.228 e. The van der Waals surface area contributed by atoms with E-state index >= 15 is 0 Å². The van der Waals surface area contributed by atoms with Crippen LogP contribution in [0.15, 0.2) is 53.0 Å². The number of fused-ring (bicyclic) bond motifs is 1. The summed E-state index contributed by atoms with van der Waals surface area (Å²) in [6.07, 6.45) is 0. The second kappa shape index (κ2) is 9.88. The van der Waals surface area contributed by atoms with Crippen LogP contribution in [-0.2, 0) is 7.05 Å². The van der Waals surface area contributed by atoms with Crippen molar-refractivity contribution in [1.82, 2.24) is 9.55 Å². The molecule has 0 aliphatic carbocycles. The summed E-state index contributed by atoms with van der Waals surface area (Å²) in [5, 5.41) is 3.48. The minimum atomic E-state index is 0.143. The van der Waals surface area contributed by atoms with Gasteiger partial charge in [-0.15, -0.1) is 0 Å². The molecular formula is C27H28BrN5O2. The summed E-state index contributed by atoms with van der Waals surface area (Å²) in [5.41, 5.74) is 6.22. The fourth-order valence-corrected chi connectivity index (χ4v) is 4.88. The molecule has 0 unspecified atom stereocenters. The number of aromatic nitrogens is 2. The van der Waals surface area contributed by atoms with Crippen LogP contribution in [0.3, 0.4) is 0 Å². The number of rotatable bonds is 7. The van der Waals surface area contributed by atoms with E-state index in [4.69, 9.17) is 21.0 Å². The molecule has 7 nitrogen and oxygen atoms in total. The van der Waals surface area contributed by atoms with Crippen LogP contribution in [0.25, 0.3) is 15.9 Å². The van der Waals surface area contributed by atoms with Crippen molar-refractivity contribution in [2.45, 2.75) is 26.8 Å². The number of para-hydroxylation sites is 1. The standard InChI is InChI=1S/C27H28BrN5O2/c1-16(2)33(19-11-12-20(29-4)23(15-19)34-6)22-10-8-9-21-26(22)32(5)27(30-21)31-25-17(3)13-18(28)14-24(25)35-7/h8-16H,1-3,5-7H3,(H,30,31). The van der Waals surface area contributed by atoms with Crippen LogP contribution in [0.5, 0.6) is 11.5 Å². The van der Waals surface area contributed by atoms with Gasteiger partial charge in [-0.3, -0.25) is 0 Å². The molecule has 0 aliphatic rings. The molecule has 0 saturated heterocycles. The van der Waals surface area contributed by atoms with E-state index in [1.807, 2.05) is 50.4 Å². The summed E-state index contributed by atoms with van der Waals surface area (Å²) in [7, 11) is 5.25. The van der Waals surface area contributed by atoms with Gasteiger partial charge in [0, 0.05) is 23.2 Å². The van der Waals surface area contributed by atoms with Crippen molar-refractivity contribution < 1.29 is 9.47 Å². The second-order valence-corrected chi connectivity index (χ2v) is 9.41. The zero-order chi connectivity index (χ0) is 25.3. The van der Waals surface area contributed by atoms with Crippen LogP contribution < -0.4 is 19.7 Å². The lowest BCUT2D eigenvalue weighted by Gasteiger charge is -2.30. The van der Waals surface area contributed by atoms with Gasteiger partial charge in [0.1, 0.15) is 11.5 Å². The van der Waals surface area contributed by atoms with Crippen LogP contribution in [0.1, 0.15) is 19.4 Å². The maximum Gasteiger partial charge on any atom is 0.228 e. The van der Waals surface area contributed by atoms with E-state index in [9.17, 15) is 0 Å². The molecule has 1 aromatic heterocycles. The van der Waals surface area contributed by atoms with Crippen molar-refractivity contribution in [3.63, 3.8) is 0 Å². The second-order valence-electron chi connectivity index (χ2n) is 8.50. The van der Waals surface area contributed by atoms with Crippen molar-refractivity contribution >= 4 is 55.7 Å². The Labute approximate surface area is 214 Å². The Bertz CT molecular complexity index is 1440. The maximum atomic E-state index is 7.40. The molecule has 0 radical (unpaired) electrons. The number of imidazole rings is 1. The van der Waals surface area contributed by atoms with Gasteiger partial charge in [0.2, 0.25) is 11.6 Å². The number of hydrogen-bond acceptors (Lipinski definition) is 5. The number of anilines is 4. The Hall–Kier alpha value is -3.70. The average Bonchev–Trinajstić information content (AvgIpc) is 3.16. The Kier molecular flexibility index (Phi) is 6.90. The number of aryl methyl sites for hydroxylation is 2. The quantitative estimate of drug-likeness (QED) is 0.249. The highest BCUT2D eigenvalue weighted by Crippen LogP contribution is 2.40. The lowest BCUT2D eigenvalue weighted by Crippen LogP contribution is -2.26. The van der Waals surface area contributed by atoms with Crippen LogP contribution in [0, 0.1) is 13.5 Å². The Morgan fingerprint density at radius 3 is 2.49 bits per heavy atom. The first kappa shape index (κ1) is 24.4. The molecule has 180 valence electrons. The van der Waals surface area contributed by atoms with Gasteiger partial charge in [-0.1, -0.05) is 28.1 Å². The number of halogens is 1. The molecule has 35 heavy (non-hydrogen) atoms. The monoisotopic (exact) mass is 533 g/mol. The van der Waals surface area contributed by atoms with Gasteiger partial charge in [-0.05, 0) is 62.7 Å². The highest BCUT2D eigenvalue weighted by atomic mass is 79.9. The topological polar surface area (TPSA) is 55.9 Å². The SMILES string of the molecule is [C-]#[N+]c1ccc(N(c2cccc3nc(Nc4c(C)cc(Br)cc4OC)n(C)c23)C(C)C)cc1OC. The third-order valence-corrected chi connectivity index (χ3v) is 6.39. The molecule has 8 heteroatoms. The highest BCUT2D eigenvalue weighted by molar-refractivity contribution is 9.10. The number of nitrogens with one attached hydrogen (secondary N) is 1. The predicted molar refractivity (Wildman–Crippen MR) is 146 cm³/mol. The van der Waals surface area contributed by atoms with Gasteiger partial charge in [-0.25, -0.2) is 9.83 Å². The minimum absolute atomic E-state index is 0.143. The maximum absolute atomic E-state index is 7.40. The molecule has 3 aromatic carbocycles. The van der Waals surface area contributed by atoms with Gasteiger partial charge >= 0.3 is 0 Å². The molecule has 4 aromatic rings. The molecule has 1 N–H and O–H groups in total. The number of hydrogen-bond donors (Lipinski definition) is 1. The first-order valence-electron chi connectivity index (χ1n) is 11.2. The van der Waals surface area contributed by atoms with E-state index in [0.29, 0.717) is 17.4 Å². The van der Waals surface area contributed by atoms with E-state index in [1.54, 1.807) is 20.3 Å². The molecule has 1 heterocycles. The summed E-state index contributed by atoms with van der Waals surface area (Å²) in [6, 6.07) is 15.9. The molecular weight excluding hydrogens is 506 g/mol. The molecule has 0 atom stereocenters. The van der Waals surface area contributed by atoms with Crippen molar-refractivity contribution in [3.8, 4) is 11.5 Å². The molecule has 0 aliphatic heterocycles. The summed E-state index contributed by atoms with van der Waals surface area (Å²) in [6.45, 7) is 13.7. The highest BCUT2D eigenvalue weighted by Gasteiger charge is 2.22. The Morgan fingerprint density at radius 2 is 1.83 bits per heavy atom. The van der Waals surface area contributed by atoms with E-state index in [2.05, 4.69) is 55.5 Å². The van der Waals surface area contributed by atoms with Crippen molar-refractivity contribution in [2.24, 2.45) is 7.05 Å². The zero-order valence-corrected chi connectivity index (χ0v) is 22.3. The average molecular weight is 534 g/mol. The third-order valence-electron chi connectivity index (χ3n) is 5.93. The predicted octanol–water partition coefficient (Wildman–Crippen LogP) is 7.50. The van der Waals surface area contributed by atoms with Crippen LogP contribution in [0.4, 0.5) is 28.7 Å². The first-order chi connectivity index (χ1) is 16.8. The van der Waals surface area contributed by atoms with Crippen LogP contribution >= 0.6 is 15.9 Å². The van der Waals surface area contributed by atoms with E-state index in [1.165, 1.54) is 0 Å². The van der Waals surface area contributed by atoms with Crippen LogP contribution in [0.2, 0.25) is 0 Å². The fraction of sp³-hybridized carbons (Fsp3) is 0.259. The van der Waals surface area contributed by atoms with E-state index in [-0.39, 0.29) is 6.04 Å². The fourth-order valence-electron chi connectivity index (χ4n) is 4.32. The van der Waals surface area contributed by atoms with Gasteiger partial charge in [0.25, 0.3) is 0 Å². The van der Waals surface area contributed by atoms with Crippen molar-refractivity contribution in [2.75, 3.05) is 24.4 Å². The molecule has 0 spiro atoms. The zero-order valence-electron chi connectivity index (χ0n) is 20.7. The first-order valence-corrected chi connectivity index (χ1v) is 12.0. The summed E-state index contributed by atoms with van der Waals surface area (Å²) < 4.78 is 14.1. The Morgan fingerprint density at radius 1 is 1.09 bits per heavy atom. The number of nitrogens with zero attached hydrogens (tertiary/aromatic N) is 4. The molecule has 0 bridgehead atoms. The number of benzene rings is 3. The van der Waals surface area contributed by atoms with Gasteiger partial charge in [0.05, 0.1) is 43.2 Å².